The van der Waals surface area contributed by atoms with Gasteiger partial charge in [-0.2, -0.15) is 5.48 Å². The quantitative estimate of drug-likeness (QED) is 0.758. The van der Waals surface area contributed by atoms with E-state index < -0.39 is 5.97 Å². The molecular weight excluding hydrogens is 194 g/mol. The molecule has 0 atom stereocenters. The van der Waals surface area contributed by atoms with Gasteiger partial charge < -0.3 is 4.84 Å². The standard InChI is InChI=1S/C11H13NO3/c1-9(13)15-12-11(14)8-7-10-5-3-2-4-6-10/h2-6H,7-8H2,1H3,(H,12,14). The lowest BCUT2D eigenvalue weighted by atomic mass is 10.1. The van der Waals surface area contributed by atoms with E-state index in [0.717, 1.165) is 5.56 Å². The number of carbonyl (C=O) groups excluding carboxylic acids is 2. The van der Waals surface area contributed by atoms with Crippen molar-refractivity contribution in [3.63, 3.8) is 0 Å². The van der Waals surface area contributed by atoms with Gasteiger partial charge in [-0.15, -0.1) is 0 Å². The predicted octanol–water partition coefficient (Wildman–Crippen LogP) is 1.21. The highest BCUT2D eigenvalue weighted by Crippen LogP contribution is 2.01. The molecule has 1 N–H and O–H groups in total. The minimum Gasteiger partial charge on any atom is -0.341 e. The molecule has 0 aromatic heterocycles. The fourth-order valence-corrected chi connectivity index (χ4v) is 1.08. The van der Waals surface area contributed by atoms with Gasteiger partial charge in [-0.1, -0.05) is 30.3 Å². The van der Waals surface area contributed by atoms with Crippen molar-refractivity contribution in [3.8, 4) is 0 Å². The van der Waals surface area contributed by atoms with Gasteiger partial charge in [-0.3, -0.25) is 9.59 Å². The number of hydroxylamine groups is 1. The van der Waals surface area contributed by atoms with Crippen LogP contribution in [0.4, 0.5) is 0 Å². The van der Waals surface area contributed by atoms with Crippen LogP contribution >= 0.6 is 0 Å². The van der Waals surface area contributed by atoms with Gasteiger partial charge in [0.2, 0.25) is 0 Å². The lowest BCUT2D eigenvalue weighted by Crippen LogP contribution is -2.25. The van der Waals surface area contributed by atoms with Crippen LogP contribution in [-0.2, 0) is 20.8 Å². The fraction of sp³-hybridized carbons (Fsp3) is 0.273. The van der Waals surface area contributed by atoms with E-state index >= 15 is 0 Å². The lowest BCUT2D eigenvalue weighted by molar-refractivity contribution is -0.156. The monoisotopic (exact) mass is 207 g/mol. The summed E-state index contributed by atoms with van der Waals surface area (Å²) in [6, 6.07) is 9.64. The third kappa shape index (κ3) is 4.81. The summed E-state index contributed by atoms with van der Waals surface area (Å²) in [6.07, 6.45) is 0.936. The van der Waals surface area contributed by atoms with Crippen molar-refractivity contribution in [3.05, 3.63) is 35.9 Å². The van der Waals surface area contributed by atoms with E-state index in [9.17, 15) is 9.59 Å². The van der Waals surface area contributed by atoms with Crippen molar-refractivity contribution in [1.82, 2.24) is 5.48 Å². The molecule has 1 aromatic carbocycles. The molecule has 0 radical (unpaired) electrons. The van der Waals surface area contributed by atoms with E-state index in [2.05, 4.69) is 10.3 Å². The Labute approximate surface area is 88.2 Å². The van der Waals surface area contributed by atoms with Crippen LogP contribution in [0.3, 0.4) is 0 Å². The smallest absolute Gasteiger partial charge is 0.329 e. The molecule has 4 heteroatoms. The summed E-state index contributed by atoms with van der Waals surface area (Å²) >= 11 is 0. The molecule has 0 fully saturated rings. The van der Waals surface area contributed by atoms with Gasteiger partial charge in [0.1, 0.15) is 0 Å². The zero-order chi connectivity index (χ0) is 11.1. The summed E-state index contributed by atoms with van der Waals surface area (Å²) in [7, 11) is 0. The molecular formula is C11H13NO3. The number of hydrogen-bond acceptors (Lipinski definition) is 3. The molecule has 0 unspecified atom stereocenters. The molecule has 80 valence electrons. The first kappa shape index (κ1) is 11.2. The Morgan fingerprint density at radius 3 is 2.53 bits per heavy atom. The molecule has 0 saturated carbocycles. The first-order valence-electron chi connectivity index (χ1n) is 4.68. The van der Waals surface area contributed by atoms with Crippen LogP contribution in [0.5, 0.6) is 0 Å². The zero-order valence-electron chi connectivity index (χ0n) is 8.53. The summed E-state index contributed by atoms with van der Waals surface area (Å²) in [6.45, 7) is 1.23. The van der Waals surface area contributed by atoms with Gasteiger partial charge in [-0.25, -0.2) is 0 Å². The van der Waals surface area contributed by atoms with Crippen LogP contribution in [0.2, 0.25) is 0 Å². The van der Waals surface area contributed by atoms with Gasteiger partial charge >= 0.3 is 5.97 Å². The average Bonchev–Trinajstić information content (AvgIpc) is 2.25. The molecule has 0 spiro atoms. The normalized spacial score (nSPS) is 9.40. The van der Waals surface area contributed by atoms with Gasteiger partial charge in [0, 0.05) is 13.3 Å². The van der Waals surface area contributed by atoms with Crippen LogP contribution in [0.25, 0.3) is 0 Å². The Kier molecular flexibility index (Phi) is 4.34. The molecule has 15 heavy (non-hydrogen) atoms. The number of carbonyl (C=O) groups is 2. The van der Waals surface area contributed by atoms with Crippen molar-refractivity contribution >= 4 is 11.9 Å². The summed E-state index contributed by atoms with van der Waals surface area (Å²) in [5, 5.41) is 0. The largest absolute Gasteiger partial charge is 0.341 e. The van der Waals surface area contributed by atoms with E-state index in [1.54, 1.807) is 0 Å². The van der Waals surface area contributed by atoms with Crippen LogP contribution in [0.15, 0.2) is 30.3 Å². The van der Waals surface area contributed by atoms with Gasteiger partial charge in [0.25, 0.3) is 5.91 Å². The van der Waals surface area contributed by atoms with Crippen molar-refractivity contribution in [2.24, 2.45) is 0 Å². The van der Waals surface area contributed by atoms with Gasteiger partial charge in [-0.05, 0) is 12.0 Å². The van der Waals surface area contributed by atoms with Gasteiger partial charge in [0.15, 0.2) is 0 Å². The minimum atomic E-state index is -0.525. The highest BCUT2D eigenvalue weighted by atomic mass is 16.7. The average molecular weight is 207 g/mol. The number of rotatable bonds is 3. The molecule has 1 rings (SSSR count). The summed E-state index contributed by atoms with van der Waals surface area (Å²) in [4.78, 5) is 25.9. The maximum absolute atomic E-state index is 11.1. The van der Waals surface area contributed by atoms with Crippen molar-refractivity contribution in [2.75, 3.05) is 0 Å². The number of aryl methyl sites for hydroxylation is 1. The maximum Gasteiger partial charge on any atom is 0.329 e. The van der Waals surface area contributed by atoms with Crippen LogP contribution in [-0.4, -0.2) is 11.9 Å². The molecule has 4 nitrogen and oxygen atoms in total. The number of benzene rings is 1. The zero-order valence-corrected chi connectivity index (χ0v) is 8.53. The first-order chi connectivity index (χ1) is 7.18. The third-order valence-corrected chi connectivity index (χ3v) is 1.79. The van der Waals surface area contributed by atoms with Crippen LogP contribution < -0.4 is 5.48 Å². The molecule has 0 aliphatic carbocycles. The molecule has 1 aromatic rings. The second kappa shape index (κ2) is 5.80. The fourth-order valence-electron chi connectivity index (χ4n) is 1.08. The molecule has 0 heterocycles. The van der Waals surface area contributed by atoms with Crippen molar-refractivity contribution in [1.29, 1.82) is 0 Å². The highest BCUT2D eigenvalue weighted by molar-refractivity contribution is 5.77. The molecule has 0 aliphatic heterocycles. The number of amides is 1. The maximum atomic E-state index is 11.1. The van der Waals surface area contributed by atoms with E-state index in [1.165, 1.54) is 6.92 Å². The summed E-state index contributed by atoms with van der Waals surface area (Å²) in [5.74, 6) is -0.822. The Balaban J connectivity index is 2.26. The van der Waals surface area contributed by atoms with Crippen LogP contribution in [0.1, 0.15) is 18.9 Å². The minimum absolute atomic E-state index is 0.297. The second-order valence-electron chi connectivity index (χ2n) is 3.10. The number of hydrogen-bond donors (Lipinski definition) is 1. The molecule has 1 amide bonds. The molecule has 0 saturated heterocycles. The third-order valence-electron chi connectivity index (χ3n) is 1.79. The topological polar surface area (TPSA) is 55.4 Å². The Bertz CT molecular complexity index is 335. The Morgan fingerprint density at radius 2 is 1.93 bits per heavy atom. The van der Waals surface area contributed by atoms with E-state index in [1.807, 2.05) is 30.3 Å². The lowest BCUT2D eigenvalue weighted by Gasteiger charge is -2.03. The van der Waals surface area contributed by atoms with E-state index in [-0.39, 0.29) is 5.91 Å². The molecule has 0 aliphatic rings. The van der Waals surface area contributed by atoms with Crippen molar-refractivity contribution in [2.45, 2.75) is 19.8 Å². The Hall–Kier alpha value is -1.84. The summed E-state index contributed by atoms with van der Waals surface area (Å²) in [5.41, 5.74) is 3.14. The van der Waals surface area contributed by atoms with Crippen LogP contribution in [0, 0.1) is 0 Å². The summed E-state index contributed by atoms with van der Waals surface area (Å²) < 4.78 is 0. The SMILES string of the molecule is CC(=O)ONC(=O)CCc1ccccc1. The Morgan fingerprint density at radius 1 is 1.27 bits per heavy atom. The van der Waals surface area contributed by atoms with Crippen molar-refractivity contribution < 1.29 is 14.4 Å². The first-order valence-corrected chi connectivity index (χ1v) is 4.68. The van der Waals surface area contributed by atoms with E-state index in [0.29, 0.717) is 12.8 Å². The molecule has 0 bridgehead atoms. The number of nitrogens with one attached hydrogen (secondary N) is 1. The highest BCUT2D eigenvalue weighted by Gasteiger charge is 2.03. The van der Waals surface area contributed by atoms with E-state index in [4.69, 9.17) is 0 Å². The predicted molar refractivity (Wildman–Crippen MR) is 54.7 cm³/mol. The second-order valence-corrected chi connectivity index (χ2v) is 3.10. The van der Waals surface area contributed by atoms with Gasteiger partial charge in [0.05, 0.1) is 0 Å².